The predicted molar refractivity (Wildman–Crippen MR) is 74.0 cm³/mol. The number of anilines is 1. The van der Waals surface area contributed by atoms with E-state index < -0.39 is 0 Å². The van der Waals surface area contributed by atoms with Crippen molar-refractivity contribution in [2.75, 3.05) is 18.0 Å². The molecule has 1 fully saturated rings. The zero-order valence-corrected chi connectivity index (χ0v) is 11.3. The van der Waals surface area contributed by atoms with Crippen molar-refractivity contribution in [3.05, 3.63) is 29.8 Å². The number of benzene rings is 1. The van der Waals surface area contributed by atoms with Crippen molar-refractivity contribution in [2.45, 2.75) is 26.3 Å². The summed E-state index contributed by atoms with van der Waals surface area (Å²) >= 11 is 0. The molecule has 1 atom stereocenters. The Morgan fingerprint density at radius 1 is 1.32 bits per heavy atom. The van der Waals surface area contributed by atoms with Crippen LogP contribution in [0.2, 0.25) is 0 Å². The molecular weight excluding hydrogens is 242 g/mol. The molecule has 3 amide bonds. The zero-order valence-electron chi connectivity index (χ0n) is 11.3. The van der Waals surface area contributed by atoms with Gasteiger partial charge in [-0.2, -0.15) is 0 Å². The molecule has 1 heterocycles. The van der Waals surface area contributed by atoms with E-state index in [1.807, 2.05) is 24.3 Å². The van der Waals surface area contributed by atoms with Gasteiger partial charge >= 0.3 is 6.03 Å². The van der Waals surface area contributed by atoms with Crippen molar-refractivity contribution in [2.24, 2.45) is 0 Å². The Kier molecular flexibility index (Phi) is 4.16. The Morgan fingerprint density at radius 3 is 2.53 bits per heavy atom. The highest BCUT2D eigenvalue weighted by molar-refractivity contribution is 6.19. The number of rotatable bonds is 5. The molecule has 1 aromatic carbocycles. The van der Waals surface area contributed by atoms with Gasteiger partial charge in [0.25, 0.3) is 5.91 Å². The van der Waals surface area contributed by atoms with Crippen molar-refractivity contribution in [3.63, 3.8) is 0 Å². The Balaban J connectivity index is 2.10. The third-order valence-electron chi connectivity index (χ3n) is 3.20. The monoisotopic (exact) mass is 261 g/mol. The zero-order chi connectivity index (χ0) is 13.8. The Hall–Kier alpha value is -1.88. The molecule has 2 N–H and O–H groups in total. The fourth-order valence-electron chi connectivity index (χ4n) is 2.07. The molecule has 19 heavy (non-hydrogen) atoms. The van der Waals surface area contributed by atoms with Crippen LogP contribution in [0.5, 0.6) is 0 Å². The Labute approximate surface area is 113 Å². The van der Waals surface area contributed by atoms with Crippen molar-refractivity contribution in [1.29, 1.82) is 0 Å². The number of nitrogens with zero attached hydrogens (tertiary/aromatic N) is 1. The average molecular weight is 261 g/mol. The number of carbonyl (C=O) groups excluding carboxylic acids is 2. The lowest BCUT2D eigenvalue weighted by atomic mass is 10.1. The van der Waals surface area contributed by atoms with Gasteiger partial charge in [0.2, 0.25) is 0 Å². The van der Waals surface area contributed by atoms with Gasteiger partial charge < -0.3 is 10.6 Å². The molecule has 1 aliphatic rings. The summed E-state index contributed by atoms with van der Waals surface area (Å²) in [5, 5.41) is 5.90. The van der Waals surface area contributed by atoms with E-state index >= 15 is 0 Å². The third-order valence-corrected chi connectivity index (χ3v) is 3.20. The van der Waals surface area contributed by atoms with Gasteiger partial charge in [-0.25, -0.2) is 9.69 Å². The van der Waals surface area contributed by atoms with Crippen molar-refractivity contribution in [3.8, 4) is 0 Å². The van der Waals surface area contributed by atoms with Crippen LogP contribution in [0.3, 0.4) is 0 Å². The predicted octanol–water partition coefficient (Wildman–Crippen LogP) is 1.80. The maximum absolute atomic E-state index is 11.6. The summed E-state index contributed by atoms with van der Waals surface area (Å²) in [7, 11) is 0. The summed E-state index contributed by atoms with van der Waals surface area (Å²) in [4.78, 5) is 24.3. The van der Waals surface area contributed by atoms with Crippen LogP contribution in [0.4, 0.5) is 10.5 Å². The van der Waals surface area contributed by atoms with Gasteiger partial charge in [0.1, 0.15) is 0 Å². The van der Waals surface area contributed by atoms with Crippen LogP contribution in [0.1, 0.15) is 31.9 Å². The average Bonchev–Trinajstić information content (AvgIpc) is 2.76. The number of hydrogen-bond donors (Lipinski definition) is 2. The largest absolute Gasteiger partial charge is 0.329 e. The quantitative estimate of drug-likeness (QED) is 0.795. The van der Waals surface area contributed by atoms with Crippen LogP contribution in [0.15, 0.2) is 24.3 Å². The summed E-state index contributed by atoms with van der Waals surface area (Å²) in [6.07, 6.45) is 1.09. The maximum atomic E-state index is 11.6. The normalized spacial score (nSPS) is 16.6. The van der Waals surface area contributed by atoms with Gasteiger partial charge in [-0.3, -0.25) is 4.79 Å². The van der Waals surface area contributed by atoms with Crippen LogP contribution >= 0.6 is 0 Å². The topological polar surface area (TPSA) is 61.4 Å². The van der Waals surface area contributed by atoms with Gasteiger partial charge in [-0.1, -0.05) is 19.1 Å². The summed E-state index contributed by atoms with van der Waals surface area (Å²) in [6.45, 7) is 5.27. The van der Waals surface area contributed by atoms with Gasteiger partial charge in [0, 0.05) is 6.04 Å². The molecule has 1 unspecified atom stereocenters. The molecule has 1 aromatic rings. The standard InChI is InChI=1S/C14H19N3O2/c1-3-8-15-10(2)11-4-6-12(7-5-11)17-13(18)9-16-14(17)19/h4-7,10,15H,3,8-9H2,1-2H3,(H,16,19). The molecule has 1 saturated heterocycles. The highest BCUT2D eigenvalue weighted by Gasteiger charge is 2.29. The first-order valence-electron chi connectivity index (χ1n) is 6.57. The SMILES string of the molecule is CCCNC(C)c1ccc(N2C(=O)CNC2=O)cc1. The smallest absolute Gasteiger partial charge is 0.328 e. The van der Waals surface area contributed by atoms with Crippen LogP contribution in [-0.4, -0.2) is 25.0 Å². The van der Waals surface area contributed by atoms with E-state index in [0.29, 0.717) is 5.69 Å². The first-order valence-corrected chi connectivity index (χ1v) is 6.57. The lowest BCUT2D eigenvalue weighted by molar-refractivity contribution is -0.115. The van der Waals surface area contributed by atoms with Gasteiger partial charge in [0.05, 0.1) is 12.2 Å². The fraction of sp³-hybridized carbons (Fsp3) is 0.429. The Morgan fingerprint density at radius 2 is 2.00 bits per heavy atom. The summed E-state index contributed by atoms with van der Waals surface area (Å²) in [5.41, 5.74) is 1.76. The van der Waals surface area contributed by atoms with E-state index in [2.05, 4.69) is 24.5 Å². The fourth-order valence-corrected chi connectivity index (χ4v) is 2.07. The van der Waals surface area contributed by atoms with Crippen LogP contribution < -0.4 is 15.5 Å². The number of urea groups is 1. The molecule has 0 saturated carbocycles. The molecule has 102 valence electrons. The highest BCUT2D eigenvalue weighted by Crippen LogP contribution is 2.21. The molecule has 0 bridgehead atoms. The lowest BCUT2D eigenvalue weighted by Crippen LogP contribution is -2.30. The second-order valence-electron chi connectivity index (χ2n) is 4.66. The van der Waals surface area contributed by atoms with Gasteiger partial charge in [0.15, 0.2) is 0 Å². The van der Waals surface area contributed by atoms with Crippen molar-refractivity contribution < 1.29 is 9.59 Å². The Bertz CT molecular complexity index is 454. The number of carbonyl (C=O) groups is 2. The minimum atomic E-state index is -0.352. The first kappa shape index (κ1) is 13.5. The number of hydrogen-bond acceptors (Lipinski definition) is 3. The van der Waals surface area contributed by atoms with E-state index in [9.17, 15) is 9.59 Å². The second kappa shape index (κ2) is 5.84. The molecular formula is C14H19N3O2. The minimum Gasteiger partial charge on any atom is -0.328 e. The second-order valence-corrected chi connectivity index (χ2v) is 4.66. The third kappa shape index (κ3) is 2.93. The molecule has 2 rings (SSSR count). The summed E-state index contributed by atoms with van der Waals surface area (Å²) in [6, 6.07) is 7.42. The number of imide groups is 1. The molecule has 5 heteroatoms. The molecule has 1 aliphatic heterocycles. The van der Waals surface area contributed by atoms with Crippen molar-refractivity contribution >= 4 is 17.6 Å². The van der Waals surface area contributed by atoms with Crippen molar-refractivity contribution in [1.82, 2.24) is 10.6 Å². The molecule has 0 radical (unpaired) electrons. The molecule has 5 nitrogen and oxygen atoms in total. The molecule has 0 aliphatic carbocycles. The van der Waals surface area contributed by atoms with Gasteiger partial charge in [-0.15, -0.1) is 0 Å². The van der Waals surface area contributed by atoms with E-state index in [4.69, 9.17) is 0 Å². The number of amides is 3. The van der Waals surface area contributed by atoms with E-state index in [0.717, 1.165) is 18.5 Å². The van der Waals surface area contributed by atoms with E-state index in [1.54, 1.807) is 0 Å². The van der Waals surface area contributed by atoms with Crippen LogP contribution in [-0.2, 0) is 4.79 Å². The minimum absolute atomic E-state index is 0.0784. The molecule has 0 spiro atoms. The molecule has 0 aromatic heterocycles. The van der Waals surface area contributed by atoms with Crippen LogP contribution in [0.25, 0.3) is 0 Å². The first-order chi connectivity index (χ1) is 9.13. The highest BCUT2D eigenvalue weighted by atomic mass is 16.2. The van der Waals surface area contributed by atoms with E-state index in [-0.39, 0.29) is 24.5 Å². The van der Waals surface area contributed by atoms with Crippen LogP contribution in [0, 0.1) is 0 Å². The lowest BCUT2D eigenvalue weighted by Gasteiger charge is -2.16. The van der Waals surface area contributed by atoms with Gasteiger partial charge in [-0.05, 0) is 37.6 Å². The van der Waals surface area contributed by atoms with E-state index in [1.165, 1.54) is 4.90 Å². The number of nitrogens with one attached hydrogen (secondary N) is 2. The maximum Gasteiger partial charge on any atom is 0.329 e. The summed E-state index contributed by atoms with van der Waals surface area (Å²) < 4.78 is 0. The summed E-state index contributed by atoms with van der Waals surface area (Å²) in [5.74, 6) is -0.213.